The first kappa shape index (κ1) is 14.3. The van der Waals surface area contributed by atoms with Crippen molar-refractivity contribution >= 4 is 21.8 Å². The number of hydrogen-bond donors (Lipinski definition) is 2. The Hall–Kier alpha value is -1.67. The standard InChI is InChI=1S/C13H18N4O3S/c14-11(9-1-2-9)7-15-13(18)10-3-4-12-16-21(19,20)6-5-17(12)8-10/h3-4,8-9,11H,1-2,5-7,14H2,(H,15,18). The molecular weight excluding hydrogens is 292 g/mol. The molecule has 0 spiro atoms. The molecule has 1 aliphatic carbocycles. The lowest BCUT2D eigenvalue weighted by Gasteiger charge is -2.27. The Bertz CT molecular complexity index is 646. The van der Waals surface area contributed by atoms with Gasteiger partial charge in [0.15, 0.2) is 0 Å². The smallest absolute Gasteiger partial charge is 0.256 e. The van der Waals surface area contributed by atoms with Gasteiger partial charge >= 0.3 is 0 Å². The molecule has 0 aromatic carbocycles. The second kappa shape index (κ2) is 5.27. The summed E-state index contributed by atoms with van der Waals surface area (Å²) in [5.74, 6) is 0.650. The third-order valence-electron chi connectivity index (χ3n) is 3.81. The van der Waals surface area contributed by atoms with Gasteiger partial charge in [-0.25, -0.2) is 8.42 Å². The van der Waals surface area contributed by atoms with Crippen LogP contribution in [0.25, 0.3) is 0 Å². The number of carbonyl (C=O) groups is 1. The number of amidine groups is 1. The zero-order valence-corrected chi connectivity index (χ0v) is 12.3. The van der Waals surface area contributed by atoms with Crippen molar-refractivity contribution in [2.45, 2.75) is 18.9 Å². The lowest BCUT2D eigenvalue weighted by atomic mass is 10.1. The summed E-state index contributed by atoms with van der Waals surface area (Å²) in [5.41, 5.74) is 6.43. The molecule has 2 aliphatic heterocycles. The van der Waals surface area contributed by atoms with E-state index < -0.39 is 10.0 Å². The molecule has 0 aromatic rings. The van der Waals surface area contributed by atoms with E-state index in [9.17, 15) is 13.2 Å². The lowest BCUT2D eigenvalue weighted by molar-refractivity contribution is -0.117. The topological polar surface area (TPSA) is 105 Å². The summed E-state index contributed by atoms with van der Waals surface area (Å²) in [4.78, 5) is 13.8. The van der Waals surface area contributed by atoms with Crippen LogP contribution in [0.2, 0.25) is 0 Å². The first-order chi connectivity index (χ1) is 9.94. The number of nitrogens with zero attached hydrogens (tertiary/aromatic N) is 2. The molecule has 1 atom stereocenters. The van der Waals surface area contributed by atoms with Crippen molar-refractivity contribution in [1.29, 1.82) is 0 Å². The van der Waals surface area contributed by atoms with Crippen LogP contribution < -0.4 is 11.1 Å². The molecule has 7 nitrogen and oxygen atoms in total. The number of rotatable bonds is 4. The van der Waals surface area contributed by atoms with Crippen LogP contribution in [0.1, 0.15) is 12.8 Å². The molecule has 1 amide bonds. The summed E-state index contributed by atoms with van der Waals surface area (Å²) in [6.07, 6.45) is 7.04. The molecule has 114 valence electrons. The Morgan fingerprint density at radius 1 is 1.48 bits per heavy atom. The molecule has 8 heteroatoms. The average molecular weight is 310 g/mol. The molecule has 2 heterocycles. The Morgan fingerprint density at radius 3 is 2.95 bits per heavy atom. The molecular formula is C13H18N4O3S. The minimum Gasteiger partial charge on any atom is -0.350 e. The van der Waals surface area contributed by atoms with Crippen molar-refractivity contribution in [2.75, 3.05) is 18.8 Å². The lowest BCUT2D eigenvalue weighted by Crippen LogP contribution is -2.41. The summed E-state index contributed by atoms with van der Waals surface area (Å²) in [6.45, 7) is 0.772. The zero-order valence-electron chi connectivity index (χ0n) is 11.5. The van der Waals surface area contributed by atoms with E-state index in [4.69, 9.17) is 5.73 Å². The van der Waals surface area contributed by atoms with Gasteiger partial charge < -0.3 is 16.0 Å². The van der Waals surface area contributed by atoms with Crippen molar-refractivity contribution in [2.24, 2.45) is 16.0 Å². The van der Waals surface area contributed by atoms with Crippen molar-refractivity contribution < 1.29 is 13.2 Å². The van der Waals surface area contributed by atoms with Gasteiger partial charge in [0.1, 0.15) is 5.84 Å². The molecule has 1 saturated carbocycles. The highest BCUT2D eigenvalue weighted by molar-refractivity contribution is 7.90. The summed E-state index contributed by atoms with van der Waals surface area (Å²) in [7, 11) is -3.37. The second-order valence-electron chi connectivity index (χ2n) is 5.56. The highest BCUT2D eigenvalue weighted by Crippen LogP contribution is 2.31. The average Bonchev–Trinajstić information content (AvgIpc) is 3.27. The monoisotopic (exact) mass is 310 g/mol. The van der Waals surface area contributed by atoms with Crippen LogP contribution in [0.3, 0.4) is 0 Å². The third-order valence-corrected chi connectivity index (χ3v) is 4.98. The predicted octanol–water partition coefficient (Wildman–Crippen LogP) is -0.662. The van der Waals surface area contributed by atoms with E-state index in [2.05, 4.69) is 9.71 Å². The van der Waals surface area contributed by atoms with Gasteiger partial charge in [-0.3, -0.25) is 4.79 Å². The van der Waals surface area contributed by atoms with E-state index in [1.54, 1.807) is 23.3 Å². The SMILES string of the molecule is NC(CNC(=O)C1=CN2CCS(=O)(=O)N=C2C=C1)C1CC1. The molecule has 3 N–H and O–H groups in total. The number of amides is 1. The second-order valence-corrected chi connectivity index (χ2v) is 7.31. The van der Waals surface area contributed by atoms with Crippen LogP contribution in [0, 0.1) is 5.92 Å². The number of carbonyl (C=O) groups excluding carboxylic acids is 1. The van der Waals surface area contributed by atoms with Crippen molar-refractivity contribution in [3.63, 3.8) is 0 Å². The van der Waals surface area contributed by atoms with Gasteiger partial charge in [0.2, 0.25) is 0 Å². The normalized spacial score (nSPS) is 24.7. The molecule has 3 rings (SSSR count). The fourth-order valence-corrected chi connectivity index (χ4v) is 3.31. The molecule has 21 heavy (non-hydrogen) atoms. The molecule has 0 bridgehead atoms. The highest BCUT2D eigenvalue weighted by Gasteiger charge is 2.29. The van der Waals surface area contributed by atoms with Crippen molar-refractivity contribution in [3.8, 4) is 0 Å². The summed E-state index contributed by atoms with van der Waals surface area (Å²) in [6, 6.07) is 0.0133. The van der Waals surface area contributed by atoms with Crippen LogP contribution in [0.15, 0.2) is 28.3 Å². The van der Waals surface area contributed by atoms with Crippen LogP contribution in [0.4, 0.5) is 0 Å². The first-order valence-electron chi connectivity index (χ1n) is 6.97. The van der Waals surface area contributed by atoms with Gasteiger partial charge in [0.25, 0.3) is 15.9 Å². The number of sulfonamides is 1. The van der Waals surface area contributed by atoms with Crippen LogP contribution in [-0.4, -0.2) is 49.9 Å². The van der Waals surface area contributed by atoms with E-state index in [0.29, 0.717) is 30.4 Å². The van der Waals surface area contributed by atoms with E-state index in [0.717, 1.165) is 12.8 Å². The minimum atomic E-state index is -3.37. The highest BCUT2D eigenvalue weighted by atomic mass is 32.2. The molecule has 0 saturated heterocycles. The van der Waals surface area contributed by atoms with E-state index in [1.807, 2.05) is 0 Å². The molecule has 1 unspecified atom stereocenters. The molecule has 0 aromatic heterocycles. The number of hydrogen-bond acceptors (Lipinski definition) is 5. The van der Waals surface area contributed by atoms with Crippen LogP contribution in [-0.2, 0) is 14.8 Å². The Morgan fingerprint density at radius 2 is 2.24 bits per heavy atom. The third kappa shape index (κ3) is 3.33. The maximum absolute atomic E-state index is 12.1. The van der Waals surface area contributed by atoms with E-state index >= 15 is 0 Å². The number of nitrogens with two attached hydrogens (primary N) is 1. The maximum Gasteiger partial charge on any atom is 0.256 e. The van der Waals surface area contributed by atoms with Crippen LogP contribution in [0.5, 0.6) is 0 Å². The maximum atomic E-state index is 12.1. The number of nitrogens with one attached hydrogen (secondary N) is 1. The summed E-state index contributed by atoms with van der Waals surface area (Å²) in [5, 5.41) is 2.82. The van der Waals surface area contributed by atoms with Crippen molar-refractivity contribution in [1.82, 2.24) is 10.2 Å². The number of fused-ring (bicyclic) bond motifs is 1. The molecule has 0 radical (unpaired) electrons. The van der Waals surface area contributed by atoms with Gasteiger partial charge in [0.05, 0.1) is 11.3 Å². The van der Waals surface area contributed by atoms with Gasteiger partial charge in [-0.1, -0.05) is 0 Å². The van der Waals surface area contributed by atoms with Crippen molar-refractivity contribution in [3.05, 3.63) is 23.9 Å². The first-order valence-corrected chi connectivity index (χ1v) is 8.58. The Balaban J connectivity index is 1.63. The zero-order chi connectivity index (χ0) is 15.0. The van der Waals surface area contributed by atoms with Gasteiger partial charge in [0, 0.05) is 25.3 Å². The predicted molar refractivity (Wildman–Crippen MR) is 78.9 cm³/mol. The largest absolute Gasteiger partial charge is 0.350 e. The van der Waals surface area contributed by atoms with Gasteiger partial charge in [-0.15, -0.1) is 4.40 Å². The van der Waals surface area contributed by atoms with E-state index in [-0.39, 0.29) is 17.7 Å². The summed E-state index contributed by atoms with van der Waals surface area (Å²) < 4.78 is 26.5. The van der Waals surface area contributed by atoms with Crippen LogP contribution >= 0.6 is 0 Å². The Labute approximate surface area is 123 Å². The Kier molecular flexibility index (Phi) is 3.58. The minimum absolute atomic E-state index is 0.0133. The fraction of sp³-hybridized carbons (Fsp3) is 0.538. The molecule has 1 fully saturated rings. The van der Waals surface area contributed by atoms with E-state index in [1.165, 1.54) is 0 Å². The van der Waals surface area contributed by atoms with Gasteiger partial charge in [-0.2, -0.15) is 0 Å². The summed E-state index contributed by atoms with van der Waals surface area (Å²) >= 11 is 0. The quantitative estimate of drug-likeness (QED) is 0.717. The fourth-order valence-electron chi connectivity index (χ4n) is 2.34. The molecule has 3 aliphatic rings. The van der Waals surface area contributed by atoms with Gasteiger partial charge in [-0.05, 0) is 30.9 Å².